The predicted molar refractivity (Wildman–Crippen MR) is 121 cm³/mol. The lowest BCUT2D eigenvalue weighted by atomic mass is 9.91. The lowest BCUT2D eigenvalue weighted by Gasteiger charge is -2.34. The quantitative estimate of drug-likeness (QED) is 0.700. The molecule has 3 aliphatic rings. The zero-order valence-electron chi connectivity index (χ0n) is 17.2. The number of rotatable bonds is 5. The van der Waals surface area contributed by atoms with Gasteiger partial charge in [0, 0.05) is 30.6 Å². The molecular formula is C25H33ClN2O. The molecule has 1 saturated heterocycles. The van der Waals surface area contributed by atoms with E-state index in [1.807, 2.05) is 0 Å². The Kier molecular flexibility index (Phi) is 6.79. The van der Waals surface area contributed by atoms with Gasteiger partial charge in [0.25, 0.3) is 0 Å². The molecule has 0 spiro atoms. The SMILES string of the molecule is Cl.c1ccc([C@@H]2NCCC[C@@H]2NCc2cc(C3CCCC3)cc3c2OCC3)cc1. The third kappa shape index (κ3) is 4.47. The summed E-state index contributed by atoms with van der Waals surface area (Å²) in [5.41, 5.74) is 5.75. The predicted octanol–water partition coefficient (Wildman–Crippen LogP) is 5.28. The first-order chi connectivity index (χ1) is 13.9. The van der Waals surface area contributed by atoms with Gasteiger partial charge < -0.3 is 15.4 Å². The molecule has 0 amide bonds. The second-order valence-corrected chi connectivity index (χ2v) is 8.72. The fourth-order valence-electron chi connectivity index (χ4n) is 5.40. The monoisotopic (exact) mass is 412 g/mol. The summed E-state index contributed by atoms with van der Waals surface area (Å²) in [4.78, 5) is 0. The van der Waals surface area contributed by atoms with E-state index in [-0.39, 0.29) is 12.4 Å². The van der Waals surface area contributed by atoms with Crippen LogP contribution in [0, 0.1) is 0 Å². The highest BCUT2D eigenvalue weighted by Gasteiger charge is 2.27. The Morgan fingerprint density at radius 2 is 1.79 bits per heavy atom. The molecular weight excluding hydrogens is 380 g/mol. The first-order valence-corrected chi connectivity index (χ1v) is 11.2. The Bertz CT molecular complexity index is 804. The largest absolute Gasteiger partial charge is 0.493 e. The molecule has 0 unspecified atom stereocenters. The smallest absolute Gasteiger partial charge is 0.127 e. The highest BCUT2D eigenvalue weighted by molar-refractivity contribution is 5.85. The Morgan fingerprint density at radius 3 is 2.62 bits per heavy atom. The number of hydrogen-bond donors (Lipinski definition) is 2. The van der Waals surface area contributed by atoms with Crippen LogP contribution in [0.4, 0.5) is 0 Å². The molecule has 0 bridgehead atoms. The molecule has 2 aliphatic heterocycles. The molecule has 1 aliphatic carbocycles. The van der Waals surface area contributed by atoms with Crippen molar-refractivity contribution in [1.82, 2.24) is 10.6 Å². The topological polar surface area (TPSA) is 33.3 Å². The number of ether oxygens (including phenoxy) is 1. The van der Waals surface area contributed by atoms with E-state index < -0.39 is 0 Å². The van der Waals surface area contributed by atoms with E-state index in [4.69, 9.17) is 4.74 Å². The molecule has 156 valence electrons. The van der Waals surface area contributed by atoms with Crippen LogP contribution in [0.3, 0.4) is 0 Å². The summed E-state index contributed by atoms with van der Waals surface area (Å²) < 4.78 is 6.04. The molecule has 1 saturated carbocycles. The van der Waals surface area contributed by atoms with Crippen LogP contribution in [0.25, 0.3) is 0 Å². The van der Waals surface area contributed by atoms with Gasteiger partial charge in [0.15, 0.2) is 0 Å². The van der Waals surface area contributed by atoms with Crippen molar-refractivity contribution in [3.8, 4) is 5.75 Å². The van der Waals surface area contributed by atoms with Crippen LogP contribution in [0.15, 0.2) is 42.5 Å². The second kappa shape index (κ2) is 9.51. The number of halogens is 1. The van der Waals surface area contributed by atoms with Gasteiger partial charge in [0.05, 0.1) is 6.61 Å². The van der Waals surface area contributed by atoms with Crippen LogP contribution in [-0.2, 0) is 13.0 Å². The van der Waals surface area contributed by atoms with Gasteiger partial charge in [-0.2, -0.15) is 0 Å². The van der Waals surface area contributed by atoms with Crippen LogP contribution in [0.1, 0.15) is 72.7 Å². The van der Waals surface area contributed by atoms with Gasteiger partial charge in [-0.3, -0.25) is 0 Å². The molecule has 2 fully saturated rings. The highest BCUT2D eigenvalue weighted by Crippen LogP contribution is 2.39. The van der Waals surface area contributed by atoms with Crippen molar-refractivity contribution < 1.29 is 4.74 Å². The number of fused-ring (bicyclic) bond motifs is 1. The fraction of sp³-hybridized carbons (Fsp3) is 0.520. The highest BCUT2D eigenvalue weighted by atomic mass is 35.5. The summed E-state index contributed by atoms with van der Waals surface area (Å²) in [7, 11) is 0. The Labute approximate surface area is 181 Å². The van der Waals surface area contributed by atoms with Crippen molar-refractivity contribution in [3.63, 3.8) is 0 Å². The average molecular weight is 413 g/mol. The number of nitrogens with one attached hydrogen (secondary N) is 2. The lowest BCUT2D eigenvalue weighted by Crippen LogP contribution is -2.45. The van der Waals surface area contributed by atoms with E-state index in [1.54, 1.807) is 5.56 Å². The summed E-state index contributed by atoms with van der Waals surface area (Å²) in [5.74, 6) is 1.92. The van der Waals surface area contributed by atoms with Gasteiger partial charge >= 0.3 is 0 Å². The molecule has 2 aromatic carbocycles. The molecule has 2 N–H and O–H groups in total. The summed E-state index contributed by atoms with van der Waals surface area (Å²) in [5, 5.41) is 7.63. The van der Waals surface area contributed by atoms with Crippen molar-refractivity contribution in [3.05, 3.63) is 64.7 Å². The third-order valence-electron chi connectivity index (χ3n) is 6.88. The van der Waals surface area contributed by atoms with Crippen LogP contribution >= 0.6 is 12.4 Å². The second-order valence-electron chi connectivity index (χ2n) is 8.72. The first-order valence-electron chi connectivity index (χ1n) is 11.2. The molecule has 2 heterocycles. The number of hydrogen-bond acceptors (Lipinski definition) is 3. The van der Waals surface area contributed by atoms with Crippen LogP contribution in [-0.4, -0.2) is 19.2 Å². The van der Waals surface area contributed by atoms with E-state index >= 15 is 0 Å². The van der Waals surface area contributed by atoms with Crippen LogP contribution in [0.5, 0.6) is 5.75 Å². The van der Waals surface area contributed by atoms with Crippen molar-refractivity contribution in [1.29, 1.82) is 0 Å². The molecule has 2 atom stereocenters. The first kappa shape index (κ1) is 20.7. The van der Waals surface area contributed by atoms with Crippen molar-refractivity contribution in [2.75, 3.05) is 13.2 Å². The third-order valence-corrected chi connectivity index (χ3v) is 6.88. The summed E-state index contributed by atoms with van der Waals surface area (Å²) in [6.07, 6.45) is 9.01. The maximum Gasteiger partial charge on any atom is 0.127 e. The zero-order valence-corrected chi connectivity index (χ0v) is 18.0. The molecule has 5 rings (SSSR count). The van der Waals surface area contributed by atoms with Gasteiger partial charge in [0.1, 0.15) is 5.75 Å². The van der Waals surface area contributed by atoms with Gasteiger partial charge in [-0.15, -0.1) is 12.4 Å². The van der Waals surface area contributed by atoms with Crippen LogP contribution < -0.4 is 15.4 Å². The molecule has 0 radical (unpaired) electrons. The van der Waals surface area contributed by atoms with Crippen molar-refractivity contribution in [2.45, 2.75) is 69.5 Å². The van der Waals surface area contributed by atoms with Gasteiger partial charge in [0.2, 0.25) is 0 Å². The summed E-state index contributed by atoms with van der Waals surface area (Å²) in [6, 6.07) is 16.6. The average Bonchev–Trinajstić information content (AvgIpc) is 3.44. The number of piperidine rings is 1. The molecule has 3 nitrogen and oxygen atoms in total. The maximum absolute atomic E-state index is 6.04. The Balaban J connectivity index is 0.00000205. The van der Waals surface area contributed by atoms with Gasteiger partial charge in [-0.05, 0) is 54.8 Å². The molecule has 2 aromatic rings. The fourth-order valence-corrected chi connectivity index (χ4v) is 5.40. The normalized spacial score (nSPS) is 24.0. The standard InChI is InChI=1S/C25H32N2O.ClH/c1-2-9-19(10-3-1)24-23(11-6-13-26-24)27-17-22-16-21(18-7-4-5-8-18)15-20-12-14-28-25(20)22;/h1-3,9-10,15-16,18,23-24,26-27H,4-8,11-14,17H2;1H/t23-,24-;/m0./s1. The van der Waals surface area contributed by atoms with Crippen molar-refractivity contribution in [2.24, 2.45) is 0 Å². The maximum atomic E-state index is 6.04. The van der Waals surface area contributed by atoms with Crippen LogP contribution in [0.2, 0.25) is 0 Å². The van der Waals surface area contributed by atoms with E-state index in [0.29, 0.717) is 12.1 Å². The Morgan fingerprint density at radius 1 is 0.966 bits per heavy atom. The molecule has 4 heteroatoms. The Hall–Kier alpha value is -1.55. The number of benzene rings is 2. The summed E-state index contributed by atoms with van der Waals surface area (Å²) in [6.45, 7) is 2.85. The minimum absolute atomic E-state index is 0. The minimum Gasteiger partial charge on any atom is -0.493 e. The van der Waals surface area contributed by atoms with Gasteiger partial charge in [-0.25, -0.2) is 0 Å². The van der Waals surface area contributed by atoms with Gasteiger partial charge in [-0.1, -0.05) is 55.3 Å². The summed E-state index contributed by atoms with van der Waals surface area (Å²) >= 11 is 0. The van der Waals surface area contributed by atoms with E-state index in [2.05, 4.69) is 53.1 Å². The van der Waals surface area contributed by atoms with Crippen molar-refractivity contribution >= 4 is 12.4 Å². The van der Waals surface area contributed by atoms with E-state index in [1.165, 1.54) is 55.2 Å². The van der Waals surface area contributed by atoms with E-state index in [0.717, 1.165) is 37.8 Å². The lowest BCUT2D eigenvalue weighted by molar-refractivity contribution is 0.301. The molecule has 29 heavy (non-hydrogen) atoms. The minimum atomic E-state index is 0. The van der Waals surface area contributed by atoms with E-state index in [9.17, 15) is 0 Å². The molecule has 0 aromatic heterocycles. The zero-order chi connectivity index (χ0) is 18.8.